The maximum atomic E-state index is 11.8. The Hall–Kier alpha value is -2.80. The van der Waals surface area contributed by atoms with Gasteiger partial charge in [0.15, 0.2) is 0 Å². The van der Waals surface area contributed by atoms with Gasteiger partial charge in [-0.3, -0.25) is 4.79 Å². The lowest BCUT2D eigenvalue weighted by atomic mass is 10.1. The minimum absolute atomic E-state index is 0.0723. The Bertz CT molecular complexity index is 642. The normalized spacial score (nSPS) is 9.75. The summed E-state index contributed by atoms with van der Waals surface area (Å²) >= 11 is 0. The highest BCUT2D eigenvalue weighted by Crippen LogP contribution is 2.12. The molecule has 0 heterocycles. The first-order valence-corrected chi connectivity index (χ1v) is 6.32. The summed E-state index contributed by atoms with van der Waals surface area (Å²) in [4.78, 5) is 11.8. The van der Waals surface area contributed by atoms with Crippen molar-refractivity contribution >= 4 is 17.3 Å². The summed E-state index contributed by atoms with van der Waals surface area (Å²) in [6.45, 7) is 0. The second-order valence-electron chi connectivity index (χ2n) is 4.48. The van der Waals surface area contributed by atoms with Crippen molar-refractivity contribution in [3.63, 3.8) is 0 Å². The average Bonchev–Trinajstić information content (AvgIpc) is 2.47. The number of nitrogen functional groups attached to an aromatic ring is 1. The van der Waals surface area contributed by atoms with Crippen LogP contribution in [0.2, 0.25) is 0 Å². The molecular formula is C16H15N3O. The van der Waals surface area contributed by atoms with Crippen LogP contribution in [0.5, 0.6) is 0 Å². The lowest BCUT2D eigenvalue weighted by Crippen LogP contribution is -2.12. The van der Waals surface area contributed by atoms with Gasteiger partial charge in [-0.1, -0.05) is 18.2 Å². The molecule has 0 aliphatic rings. The number of hydrogen-bond acceptors (Lipinski definition) is 3. The summed E-state index contributed by atoms with van der Waals surface area (Å²) in [6, 6.07) is 16.4. The molecule has 4 nitrogen and oxygen atoms in total. The molecule has 0 saturated heterocycles. The SMILES string of the molecule is N#Cc1cccc(NC(=O)CCc2ccc(N)cc2)c1. The zero-order valence-corrected chi connectivity index (χ0v) is 11.0. The lowest BCUT2D eigenvalue weighted by molar-refractivity contribution is -0.116. The summed E-state index contributed by atoms with van der Waals surface area (Å²) in [6.07, 6.45) is 1.05. The van der Waals surface area contributed by atoms with E-state index in [-0.39, 0.29) is 5.91 Å². The third-order valence-corrected chi connectivity index (χ3v) is 2.90. The fraction of sp³-hybridized carbons (Fsp3) is 0.125. The number of aryl methyl sites for hydroxylation is 1. The molecule has 20 heavy (non-hydrogen) atoms. The first-order chi connectivity index (χ1) is 9.67. The third kappa shape index (κ3) is 3.85. The number of nitrogens with two attached hydrogens (primary N) is 1. The van der Waals surface area contributed by atoms with Gasteiger partial charge < -0.3 is 11.1 Å². The highest BCUT2D eigenvalue weighted by Gasteiger charge is 2.04. The van der Waals surface area contributed by atoms with Crippen LogP contribution in [0.1, 0.15) is 17.5 Å². The number of carbonyl (C=O) groups is 1. The van der Waals surface area contributed by atoms with Gasteiger partial charge in [0.25, 0.3) is 0 Å². The van der Waals surface area contributed by atoms with Crippen LogP contribution in [0.4, 0.5) is 11.4 Å². The van der Waals surface area contributed by atoms with Crippen LogP contribution in [-0.4, -0.2) is 5.91 Å². The molecule has 0 unspecified atom stereocenters. The molecule has 2 aromatic rings. The van der Waals surface area contributed by atoms with E-state index in [0.717, 1.165) is 5.56 Å². The molecule has 0 fully saturated rings. The predicted molar refractivity (Wildman–Crippen MR) is 79.0 cm³/mol. The summed E-state index contributed by atoms with van der Waals surface area (Å²) in [7, 11) is 0. The summed E-state index contributed by atoms with van der Waals surface area (Å²) < 4.78 is 0. The van der Waals surface area contributed by atoms with E-state index in [1.807, 2.05) is 30.3 Å². The van der Waals surface area contributed by atoms with Crippen molar-refractivity contribution < 1.29 is 4.79 Å². The number of benzene rings is 2. The van der Waals surface area contributed by atoms with Crippen molar-refractivity contribution in [3.8, 4) is 6.07 Å². The molecule has 0 bridgehead atoms. The van der Waals surface area contributed by atoms with Gasteiger partial charge in [-0.2, -0.15) is 5.26 Å². The number of nitriles is 1. The van der Waals surface area contributed by atoms with Gasteiger partial charge in [-0.05, 0) is 42.3 Å². The van der Waals surface area contributed by atoms with Crippen LogP contribution in [0.3, 0.4) is 0 Å². The molecule has 0 saturated carbocycles. The third-order valence-electron chi connectivity index (χ3n) is 2.90. The van der Waals surface area contributed by atoms with E-state index in [9.17, 15) is 4.79 Å². The first-order valence-electron chi connectivity index (χ1n) is 6.32. The second-order valence-corrected chi connectivity index (χ2v) is 4.48. The van der Waals surface area contributed by atoms with E-state index in [1.54, 1.807) is 24.3 Å². The van der Waals surface area contributed by atoms with Crippen LogP contribution in [0.15, 0.2) is 48.5 Å². The monoisotopic (exact) mass is 265 g/mol. The van der Waals surface area contributed by atoms with Crippen LogP contribution in [0.25, 0.3) is 0 Å². The van der Waals surface area contributed by atoms with Crippen LogP contribution < -0.4 is 11.1 Å². The standard InChI is InChI=1S/C16H15N3O/c17-11-13-2-1-3-15(10-13)19-16(20)9-6-12-4-7-14(18)8-5-12/h1-5,7-8,10H,6,9,18H2,(H,19,20). The van der Waals surface area contributed by atoms with Crippen LogP contribution in [-0.2, 0) is 11.2 Å². The Kier molecular flexibility index (Phi) is 4.35. The molecule has 2 aromatic carbocycles. The second kappa shape index (κ2) is 6.39. The Morgan fingerprint density at radius 1 is 1.20 bits per heavy atom. The number of nitrogens with zero attached hydrogens (tertiary/aromatic N) is 1. The fourth-order valence-corrected chi connectivity index (χ4v) is 1.83. The average molecular weight is 265 g/mol. The largest absolute Gasteiger partial charge is 0.399 e. The highest BCUT2D eigenvalue weighted by molar-refractivity contribution is 5.91. The molecule has 0 spiro atoms. The molecule has 0 aromatic heterocycles. The van der Waals surface area contributed by atoms with Gasteiger partial charge in [0.1, 0.15) is 0 Å². The van der Waals surface area contributed by atoms with Crippen molar-refractivity contribution in [3.05, 3.63) is 59.7 Å². The molecule has 2 rings (SSSR count). The number of hydrogen-bond donors (Lipinski definition) is 2. The number of anilines is 2. The van der Waals surface area contributed by atoms with Gasteiger partial charge in [-0.25, -0.2) is 0 Å². The predicted octanol–water partition coefficient (Wildman–Crippen LogP) is 2.71. The van der Waals surface area contributed by atoms with Gasteiger partial charge in [0.2, 0.25) is 5.91 Å². The molecule has 0 aliphatic carbocycles. The highest BCUT2D eigenvalue weighted by atomic mass is 16.1. The van der Waals surface area contributed by atoms with Crippen molar-refractivity contribution in [2.24, 2.45) is 0 Å². The Labute approximate surface area is 117 Å². The molecule has 100 valence electrons. The fourth-order valence-electron chi connectivity index (χ4n) is 1.83. The zero-order valence-electron chi connectivity index (χ0n) is 11.0. The minimum atomic E-state index is -0.0723. The maximum absolute atomic E-state index is 11.8. The summed E-state index contributed by atoms with van der Waals surface area (Å²) in [5.74, 6) is -0.0723. The van der Waals surface area contributed by atoms with E-state index < -0.39 is 0 Å². The van der Waals surface area contributed by atoms with Gasteiger partial charge in [0.05, 0.1) is 11.6 Å². The molecule has 0 aliphatic heterocycles. The molecule has 3 N–H and O–H groups in total. The van der Waals surface area contributed by atoms with E-state index in [2.05, 4.69) is 5.32 Å². The minimum Gasteiger partial charge on any atom is -0.399 e. The van der Waals surface area contributed by atoms with Gasteiger partial charge in [-0.15, -0.1) is 0 Å². The smallest absolute Gasteiger partial charge is 0.224 e. The molecule has 0 atom stereocenters. The van der Waals surface area contributed by atoms with Crippen molar-refractivity contribution in [2.45, 2.75) is 12.8 Å². The Morgan fingerprint density at radius 2 is 1.95 bits per heavy atom. The van der Waals surface area contributed by atoms with E-state index in [4.69, 9.17) is 11.0 Å². The number of amides is 1. The Morgan fingerprint density at radius 3 is 2.65 bits per heavy atom. The van der Waals surface area contributed by atoms with Crippen molar-refractivity contribution in [1.29, 1.82) is 5.26 Å². The summed E-state index contributed by atoms with van der Waals surface area (Å²) in [5.41, 5.74) is 8.56. The molecule has 0 radical (unpaired) electrons. The van der Waals surface area contributed by atoms with E-state index >= 15 is 0 Å². The summed E-state index contributed by atoms with van der Waals surface area (Å²) in [5, 5.41) is 11.6. The van der Waals surface area contributed by atoms with Crippen molar-refractivity contribution in [1.82, 2.24) is 0 Å². The Balaban J connectivity index is 1.89. The molecular weight excluding hydrogens is 250 g/mol. The van der Waals surface area contributed by atoms with Crippen molar-refractivity contribution in [2.75, 3.05) is 11.1 Å². The van der Waals surface area contributed by atoms with Gasteiger partial charge >= 0.3 is 0 Å². The van der Waals surface area contributed by atoms with Crippen LogP contribution >= 0.6 is 0 Å². The number of nitrogens with one attached hydrogen (secondary N) is 1. The van der Waals surface area contributed by atoms with Gasteiger partial charge in [0, 0.05) is 17.8 Å². The zero-order chi connectivity index (χ0) is 14.4. The molecule has 4 heteroatoms. The van der Waals surface area contributed by atoms with E-state index in [1.165, 1.54) is 0 Å². The van der Waals surface area contributed by atoms with Crippen LogP contribution in [0, 0.1) is 11.3 Å². The maximum Gasteiger partial charge on any atom is 0.224 e. The van der Waals surface area contributed by atoms with E-state index in [0.29, 0.717) is 29.8 Å². The topological polar surface area (TPSA) is 78.9 Å². The molecule has 1 amide bonds. The lowest BCUT2D eigenvalue weighted by Gasteiger charge is -2.06. The number of rotatable bonds is 4. The first kappa shape index (κ1) is 13.6. The quantitative estimate of drug-likeness (QED) is 0.834. The number of carbonyl (C=O) groups excluding carboxylic acids is 1.